The van der Waals surface area contributed by atoms with Gasteiger partial charge in [0, 0.05) is 44.2 Å². The van der Waals surface area contributed by atoms with Crippen molar-refractivity contribution in [2.75, 3.05) is 20.1 Å². The molecule has 2 fully saturated rings. The van der Waals surface area contributed by atoms with Crippen molar-refractivity contribution >= 4 is 22.8 Å². The molecule has 0 unspecified atom stereocenters. The number of hydrogen-bond donors (Lipinski definition) is 1. The average Bonchev–Trinajstić information content (AvgIpc) is 3.59. The maximum absolute atomic E-state index is 13.8. The first-order chi connectivity index (χ1) is 20.5. The number of H-pyrrole nitrogens is 1. The van der Waals surface area contributed by atoms with Crippen LogP contribution in [0.25, 0.3) is 16.7 Å². The van der Waals surface area contributed by atoms with Crippen molar-refractivity contribution in [1.82, 2.24) is 29.1 Å². The van der Waals surface area contributed by atoms with Crippen molar-refractivity contribution in [2.24, 2.45) is 0 Å². The first kappa shape index (κ1) is 26.0. The molecule has 2 amide bonds. The van der Waals surface area contributed by atoms with Gasteiger partial charge in [-0.05, 0) is 49.1 Å². The van der Waals surface area contributed by atoms with E-state index < -0.39 is 0 Å². The Morgan fingerprint density at radius 1 is 0.905 bits per heavy atom. The standard InChI is InChI=1S/C33H32N6O3/c1-36(29-20-25(29)22-10-4-2-5-11-22)32(41)30-21-27(35-39(30)24-12-6-3-7-13-24)31(40)37-18-16-23(17-19-37)38-28-15-9-8-14-26(28)34-33(38)42/h2-15,21,23,25,29H,16-20H2,1H3,(H,34,42)/t25-,29+/m0/s1. The number of piperidine rings is 1. The number of aromatic amines is 1. The predicted octanol–water partition coefficient (Wildman–Crippen LogP) is 4.62. The van der Waals surface area contributed by atoms with Crippen LogP contribution >= 0.6 is 0 Å². The van der Waals surface area contributed by atoms with Gasteiger partial charge in [0.1, 0.15) is 5.69 Å². The fourth-order valence-corrected chi connectivity index (χ4v) is 6.33. The molecule has 1 saturated carbocycles. The van der Waals surface area contributed by atoms with Crippen LogP contribution in [-0.4, -0.2) is 67.1 Å². The Morgan fingerprint density at radius 2 is 1.57 bits per heavy atom. The lowest BCUT2D eigenvalue weighted by molar-refractivity contribution is 0.0688. The molecule has 212 valence electrons. The van der Waals surface area contributed by atoms with Gasteiger partial charge in [-0.3, -0.25) is 14.2 Å². The van der Waals surface area contributed by atoms with E-state index in [4.69, 9.17) is 0 Å². The van der Waals surface area contributed by atoms with E-state index in [1.807, 2.05) is 84.4 Å². The van der Waals surface area contributed by atoms with Gasteiger partial charge in [-0.1, -0.05) is 60.7 Å². The predicted molar refractivity (Wildman–Crippen MR) is 160 cm³/mol. The first-order valence-corrected chi connectivity index (χ1v) is 14.5. The normalized spacial score (nSPS) is 18.7. The molecular formula is C33H32N6O3. The second-order valence-electron chi connectivity index (χ2n) is 11.2. The largest absolute Gasteiger partial charge is 0.337 e. The number of para-hydroxylation sites is 3. The van der Waals surface area contributed by atoms with Crippen molar-refractivity contribution in [2.45, 2.75) is 37.3 Å². The summed E-state index contributed by atoms with van der Waals surface area (Å²) < 4.78 is 3.40. The smallest absolute Gasteiger partial charge is 0.326 e. The monoisotopic (exact) mass is 560 g/mol. The summed E-state index contributed by atoms with van der Waals surface area (Å²) in [5.74, 6) is -0.0637. The highest BCUT2D eigenvalue weighted by Gasteiger charge is 2.44. The van der Waals surface area contributed by atoms with E-state index >= 15 is 0 Å². The minimum atomic E-state index is -0.209. The molecule has 42 heavy (non-hydrogen) atoms. The quantitative estimate of drug-likeness (QED) is 0.328. The lowest BCUT2D eigenvalue weighted by atomic mass is 10.0. The van der Waals surface area contributed by atoms with Crippen LogP contribution < -0.4 is 5.69 Å². The molecule has 9 heteroatoms. The molecule has 1 aliphatic heterocycles. The van der Waals surface area contributed by atoms with Crippen molar-refractivity contribution in [3.8, 4) is 5.69 Å². The first-order valence-electron chi connectivity index (χ1n) is 14.5. The minimum Gasteiger partial charge on any atom is -0.337 e. The molecule has 2 aromatic heterocycles. The Labute approximate surface area is 243 Å². The zero-order chi connectivity index (χ0) is 28.8. The number of imidazole rings is 1. The lowest BCUT2D eigenvalue weighted by Crippen LogP contribution is -2.40. The lowest BCUT2D eigenvalue weighted by Gasteiger charge is -2.32. The number of benzene rings is 3. The van der Waals surface area contributed by atoms with Gasteiger partial charge in [-0.25, -0.2) is 9.48 Å². The number of likely N-dealkylation sites (N-methyl/N-ethyl adjacent to an activating group) is 1. The number of likely N-dealkylation sites (tertiary alicyclic amines) is 1. The van der Waals surface area contributed by atoms with E-state index in [0.717, 1.165) is 23.1 Å². The molecule has 1 saturated heterocycles. The van der Waals surface area contributed by atoms with Gasteiger partial charge in [0.05, 0.1) is 16.7 Å². The number of rotatable bonds is 6. The number of hydrogen-bond acceptors (Lipinski definition) is 4. The van der Waals surface area contributed by atoms with Gasteiger partial charge >= 0.3 is 5.69 Å². The van der Waals surface area contributed by atoms with Crippen LogP contribution in [-0.2, 0) is 0 Å². The van der Waals surface area contributed by atoms with Gasteiger partial charge in [0.25, 0.3) is 11.8 Å². The van der Waals surface area contributed by atoms with E-state index in [1.54, 1.807) is 20.5 Å². The molecule has 3 heterocycles. The molecule has 0 bridgehead atoms. The number of fused-ring (bicyclic) bond motifs is 1. The summed E-state index contributed by atoms with van der Waals surface area (Å²) in [6.07, 6.45) is 2.22. The van der Waals surface area contributed by atoms with Gasteiger partial charge in [0.2, 0.25) is 0 Å². The SMILES string of the molecule is CN(C(=O)c1cc(C(=O)N2CCC(n3c(=O)[nH]c4ccccc43)CC2)nn1-c1ccccc1)[C@@H]1C[C@H]1c1ccccc1. The number of carbonyl (C=O) groups excluding carboxylic acids is 2. The fourth-order valence-electron chi connectivity index (χ4n) is 6.33. The molecule has 2 aliphatic rings. The Balaban J connectivity index is 1.11. The van der Waals surface area contributed by atoms with Crippen molar-refractivity contribution < 1.29 is 9.59 Å². The van der Waals surface area contributed by atoms with E-state index in [-0.39, 0.29) is 35.3 Å². The summed E-state index contributed by atoms with van der Waals surface area (Å²) >= 11 is 0. The Bertz CT molecular complexity index is 1810. The third-order valence-corrected chi connectivity index (χ3v) is 8.69. The van der Waals surface area contributed by atoms with Crippen molar-refractivity contribution in [3.63, 3.8) is 0 Å². The zero-order valence-electron chi connectivity index (χ0n) is 23.4. The topological polar surface area (TPSA) is 96.2 Å². The maximum Gasteiger partial charge on any atom is 0.326 e. The van der Waals surface area contributed by atoms with Crippen LogP contribution in [0.2, 0.25) is 0 Å². The van der Waals surface area contributed by atoms with Crippen molar-refractivity contribution in [3.05, 3.63) is 118 Å². The van der Waals surface area contributed by atoms with Crippen molar-refractivity contribution in [1.29, 1.82) is 0 Å². The number of carbonyl (C=O) groups is 2. The molecule has 1 N–H and O–H groups in total. The van der Waals surface area contributed by atoms with Crippen LogP contribution in [0.15, 0.2) is 95.8 Å². The minimum absolute atomic E-state index is 0.00136. The molecule has 1 aliphatic carbocycles. The van der Waals surface area contributed by atoms with Gasteiger partial charge in [-0.15, -0.1) is 0 Å². The molecule has 9 nitrogen and oxygen atoms in total. The average molecular weight is 561 g/mol. The van der Waals surface area contributed by atoms with Crippen LogP contribution in [0.5, 0.6) is 0 Å². The highest BCUT2D eigenvalue weighted by atomic mass is 16.2. The summed E-state index contributed by atoms with van der Waals surface area (Å²) in [4.78, 5) is 46.7. The van der Waals surface area contributed by atoms with Crippen LogP contribution in [0, 0.1) is 0 Å². The molecule has 2 atom stereocenters. The molecule has 5 aromatic rings. The fraction of sp³-hybridized carbons (Fsp3) is 0.273. The number of aromatic nitrogens is 4. The summed E-state index contributed by atoms with van der Waals surface area (Å²) in [6.45, 7) is 0.995. The van der Waals surface area contributed by atoms with E-state index in [1.165, 1.54) is 5.56 Å². The molecule has 3 aromatic carbocycles. The Hall–Kier alpha value is -4.92. The van der Waals surface area contributed by atoms with Gasteiger partial charge in [-0.2, -0.15) is 5.10 Å². The molecular weight excluding hydrogens is 528 g/mol. The Kier molecular flexibility index (Phi) is 6.49. The summed E-state index contributed by atoms with van der Waals surface area (Å²) in [5, 5.41) is 4.66. The number of amides is 2. The summed E-state index contributed by atoms with van der Waals surface area (Å²) in [6, 6.07) is 29.1. The van der Waals surface area contributed by atoms with Gasteiger partial charge < -0.3 is 14.8 Å². The van der Waals surface area contributed by atoms with Crippen LogP contribution in [0.3, 0.4) is 0 Å². The third-order valence-electron chi connectivity index (χ3n) is 8.69. The maximum atomic E-state index is 13.8. The van der Waals surface area contributed by atoms with E-state index in [9.17, 15) is 14.4 Å². The summed E-state index contributed by atoms with van der Waals surface area (Å²) in [5.41, 5.74) is 4.14. The third kappa shape index (κ3) is 4.60. The van der Waals surface area contributed by atoms with E-state index in [0.29, 0.717) is 37.5 Å². The highest BCUT2D eigenvalue weighted by molar-refractivity contribution is 5.98. The molecule has 0 radical (unpaired) electrons. The highest BCUT2D eigenvalue weighted by Crippen LogP contribution is 2.44. The van der Waals surface area contributed by atoms with E-state index in [2.05, 4.69) is 22.2 Å². The number of nitrogens with one attached hydrogen (secondary N) is 1. The summed E-state index contributed by atoms with van der Waals surface area (Å²) in [7, 11) is 1.83. The van der Waals surface area contributed by atoms with Gasteiger partial charge in [0.15, 0.2) is 5.69 Å². The second-order valence-corrected chi connectivity index (χ2v) is 11.2. The molecule has 7 rings (SSSR count). The molecule has 0 spiro atoms. The Morgan fingerprint density at radius 3 is 2.31 bits per heavy atom. The second kappa shape index (κ2) is 10.5. The van der Waals surface area contributed by atoms with Crippen LogP contribution in [0.1, 0.15) is 57.8 Å². The zero-order valence-corrected chi connectivity index (χ0v) is 23.4. The number of nitrogens with zero attached hydrogens (tertiary/aromatic N) is 5. The van der Waals surface area contributed by atoms with Crippen LogP contribution in [0.4, 0.5) is 0 Å².